The molecule has 1 aromatic heterocycles. The van der Waals surface area contributed by atoms with Gasteiger partial charge < -0.3 is 4.74 Å². The molecule has 0 radical (unpaired) electrons. The van der Waals surface area contributed by atoms with Gasteiger partial charge in [-0.05, 0) is 31.6 Å². The predicted octanol–water partition coefficient (Wildman–Crippen LogP) is 4.28. The number of fused-ring (bicyclic) bond motifs is 1. The minimum atomic E-state index is 0.508. The molecule has 1 aliphatic carbocycles. The SMILES string of the molecule is CCCC1CCC(c2nc(Cl)c3c(n2)CCOC3)CC1. The summed E-state index contributed by atoms with van der Waals surface area (Å²) in [7, 11) is 0. The molecule has 2 heterocycles. The van der Waals surface area contributed by atoms with Gasteiger partial charge in [-0.2, -0.15) is 0 Å². The molecule has 0 bridgehead atoms. The van der Waals surface area contributed by atoms with Gasteiger partial charge in [-0.1, -0.05) is 31.4 Å². The summed E-state index contributed by atoms with van der Waals surface area (Å²) < 4.78 is 5.44. The lowest BCUT2D eigenvalue weighted by Gasteiger charge is -2.28. The van der Waals surface area contributed by atoms with E-state index < -0.39 is 0 Å². The molecule has 1 aliphatic heterocycles. The van der Waals surface area contributed by atoms with Gasteiger partial charge in [0.15, 0.2) is 0 Å². The number of rotatable bonds is 3. The quantitative estimate of drug-likeness (QED) is 0.781. The number of hydrogen-bond acceptors (Lipinski definition) is 3. The third-order valence-corrected chi connectivity index (χ3v) is 5.01. The summed E-state index contributed by atoms with van der Waals surface area (Å²) in [6.45, 7) is 3.60. The van der Waals surface area contributed by atoms with Gasteiger partial charge in [-0.25, -0.2) is 9.97 Å². The van der Waals surface area contributed by atoms with Crippen LogP contribution in [0.4, 0.5) is 0 Å². The molecule has 0 N–H and O–H groups in total. The number of halogens is 1. The van der Waals surface area contributed by atoms with E-state index in [1.165, 1.54) is 38.5 Å². The van der Waals surface area contributed by atoms with E-state index in [9.17, 15) is 0 Å². The summed E-state index contributed by atoms with van der Waals surface area (Å²) in [4.78, 5) is 9.35. The van der Waals surface area contributed by atoms with Crippen LogP contribution in [-0.4, -0.2) is 16.6 Å². The van der Waals surface area contributed by atoms with Crippen LogP contribution in [-0.2, 0) is 17.8 Å². The first-order chi connectivity index (χ1) is 9.78. The molecule has 4 heteroatoms. The minimum absolute atomic E-state index is 0.508. The minimum Gasteiger partial charge on any atom is -0.376 e. The summed E-state index contributed by atoms with van der Waals surface area (Å²) >= 11 is 6.31. The van der Waals surface area contributed by atoms with Crippen molar-refractivity contribution in [2.45, 2.75) is 64.4 Å². The molecular formula is C16H23ClN2O. The lowest BCUT2D eigenvalue weighted by molar-refractivity contribution is 0.108. The van der Waals surface area contributed by atoms with Crippen molar-refractivity contribution in [1.82, 2.24) is 9.97 Å². The molecule has 20 heavy (non-hydrogen) atoms. The normalized spacial score (nSPS) is 26.3. The molecule has 0 saturated heterocycles. The number of aromatic nitrogens is 2. The second-order valence-corrected chi connectivity index (χ2v) is 6.46. The molecule has 110 valence electrons. The molecule has 1 saturated carbocycles. The molecule has 2 aliphatic rings. The first-order valence-electron chi connectivity index (χ1n) is 7.90. The maximum Gasteiger partial charge on any atom is 0.138 e. The number of hydrogen-bond donors (Lipinski definition) is 0. The topological polar surface area (TPSA) is 35.0 Å². The maximum absolute atomic E-state index is 6.31. The Labute approximate surface area is 126 Å². The van der Waals surface area contributed by atoms with Crippen LogP contribution in [0.1, 0.15) is 68.4 Å². The van der Waals surface area contributed by atoms with Crippen LogP contribution in [0.3, 0.4) is 0 Å². The molecular weight excluding hydrogens is 272 g/mol. The lowest BCUT2D eigenvalue weighted by Crippen LogP contribution is -2.19. The molecule has 3 nitrogen and oxygen atoms in total. The highest BCUT2D eigenvalue weighted by Crippen LogP contribution is 2.37. The Hall–Kier alpha value is -0.670. The van der Waals surface area contributed by atoms with Gasteiger partial charge in [-0.3, -0.25) is 0 Å². The van der Waals surface area contributed by atoms with E-state index in [1.54, 1.807) is 0 Å². The van der Waals surface area contributed by atoms with Crippen molar-refractivity contribution in [2.24, 2.45) is 5.92 Å². The van der Waals surface area contributed by atoms with Crippen LogP contribution in [0.15, 0.2) is 0 Å². The number of nitrogens with zero attached hydrogens (tertiary/aromatic N) is 2. The van der Waals surface area contributed by atoms with Gasteiger partial charge >= 0.3 is 0 Å². The van der Waals surface area contributed by atoms with Crippen LogP contribution in [0.25, 0.3) is 0 Å². The Morgan fingerprint density at radius 2 is 2.00 bits per heavy atom. The standard InChI is InChI=1S/C16H23ClN2O/c1-2-3-11-4-6-12(7-5-11)16-18-14-8-9-20-10-13(14)15(17)19-16/h11-12H,2-10H2,1H3. The predicted molar refractivity (Wildman–Crippen MR) is 80.0 cm³/mol. The Balaban J connectivity index is 1.73. The van der Waals surface area contributed by atoms with E-state index in [-0.39, 0.29) is 0 Å². The van der Waals surface area contributed by atoms with Crippen LogP contribution >= 0.6 is 11.6 Å². The zero-order chi connectivity index (χ0) is 13.9. The summed E-state index contributed by atoms with van der Waals surface area (Å²) in [5.41, 5.74) is 2.11. The van der Waals surface area contributed by atoms with Crippen LogP contribution in [0, 0.1) is 5.92 Å². The van der Waals surface area contributed by atoms with Gasteiger partial charge in [0.1, 0.15) is 11.0 Å². The van der Waals surface area contributed by atoms with Crippen molar-refractivity contribution >= 4 is 11.6 Å². The smallest absolute Gasteiger partial charge is 0.138 e. The molecule has 0 aromatic carbocycles. The maximum atomic E-state index is 6.31. The lowest BCUT2D eigenvalue weighted by atomic mass is 9.79. The highest BCUT2D eigenvalue weighted by atomic mass is 35.5. The largest absolute Gasteiger partial charge is 0.376 e. The third kappa shape index (κ3) is 2.99. The van der Waals surface area contributed by atoms with Crippen LogP contribution < -0.4 is 0 Å². The highest BCUT2D eigenvalue weighted by molar-refractivity contribution is 6.30. The van der Waals surface area contributed by atoms with E-state index in [0.717, 1.165) is 36.0 Å². The second-order valence-electron chi connectivity index (χ2n) is 6.11. The van der Waals surface area contributed by atoms with E-state index in [4.69, 9.17) is 21.3 Å². The fourth-order valence-electron chi connectivity index (χ4n) is 3.51. The fraction of sp³-hybridized carbons (Fsp3) is 0.750. The van der Waals surface area contributed by atoms with Crippen molar-refractivity contribution < 1.29 is 4.74 Å². The fourth-order valence-corrected chi connectivity index (χ4v) is 3.76. The Bertz CT molecular complexity index is 470. The van der Waals surface area contributed by atoms with E-state index >= 15 is 0 Å². The van der Waals surface area contributed by atoms with E-state index in [0.29, 0.717) is 17.7 Å². The van der Waals surface area contributed by atoms with Gasteiger partial charge in [0.2, 0.25) is 0 Å². The monoisotopic (exact) mass is 294 g/mol. The highest BCUT2D eigenvalue weighted by Gasteiger charge is 2.26. The van der Waals surface area contributed by atoms with Gasteiger partial charge in [0.05, 0.1) is 18.9 Å². The zero-order valence-corrected chi connectivity index (χ0v) is 13.0. The Morgan fingerprint density at radius 3 is 2.75 bits per heavy atom. The number of ether oxygens (including phenoxy) is 1. The van der Waals surface area contributed by atoms with Crippen molar-refractivity contribution in [2.75, 3.05) is 6.61 Å². The molecule has 0 spiro atoms. The van der Waals surface area contributed by atoms with Gasteiger partial charge in [-0.15, -0.1) is 0 Å². The molecule has 1 aromatic rings. The average Bonchev–Trinajstić information content (AvgIpc) is 2.48. The van der Waals surface area contributed by atoms with Gasteiger partial charge in [0, 0.05) is 17.9 Å². The van der Waals surface area contributed by atoms with Gasteiger partial charge in [0.25, 0.3) is 0 Å². The Morgan fingerprint density at radius 1 is 1.20 bits per heavy atom. The molecule has 3 rings (SSSR count). The van der Waals surface area contributed by atoms with E-state index in [1.807, 2.05) is 0 Å². The summed E-state index contributed by atoms with van der Waals surface area (Å²) in [5, 5.41) is 0.611. The average molecular weight is 295 g/mol. The molecule has 0 amide bonds. The second kappa shape index (κ2) is 6.40. The van der Waals surface area contributed by atoms with Crippen molar-refractivity contribution in [3.63, 3.8) is 0 Å². The first-order valence-corrected chi connectivity index (χ1v) is 8.28. The molecule has 0 atom stereocenters. The van der Waals surface area contributed by atoms with Crippen molar-refractivity contribution in [3.8, 4) is 0 Å². The molecule has 1 fully saturated rings. The van der Waals surface area contributed by atoms with E-state index in [2.05, 4.69) is 11.9 Å². The summed E-state index contributed by atoms with van der Waals surface area (Å²) in [5.74, 6) is 2.40. The van der Waals surface area contributed by atoms with Crippen molar-refractivity contribution in [1.29, 1.82) is 0 Å². The zero-order valence-electron chi connectivity index (χ0n) is 12.2. The summed E-state index contributed by atoms with van der Waals surface area (Å²) in [6, 6.07) is 0. The van der Waals surface area contributed by atoms with Crippen molar-refractivity contribution in [3.05, 3.63) is 22.2 Å². The molecule has 0 unspecified atom stereocenters. The van der Waals surface area contributed by atoms with Crippen LogP contribution in [0.5, 0.6) is 0 Å². The third-order valence-electron chi connectivity index (χ3n) is 4.70. The Kier molecular flexibility index (Phi) is 4.57. The van der Waals surface area contributed by atoms with Crippen LogP contribution in [0.2, 0.25) is 5.15 Å². The first kappa shape index (κ1) is 14.3. The summed E-state index contributed by atoms with van der Waals surface area (Å²) in [6.07, 6.45) is 8.62.